The summed E-state index contributed by atoms with van der Waals surface area (Å²) in [6.07, 6.45) is 3.33. The molecule has 0 saturated heterocycles. The van der Waals surface area contributed by atoms with Crippen LogP contribution in [0.2, 0.25) is 0 Å². The van der Waals surface area contributed by atoms with Crippen molar-refractivity contribution in [2.75, 3.05) is 12.4 Å². The maximum atomic E-state index is 9.52. The standard InChI is InChI=1S/C16H26BrNOS/c1-13(2)18-16(3,12-19)10-4-5-11-20-15-8-6-14(17)7-9-15/h6-9,13,18-19H,4-5,10-12H2,1-3H3. The van der Waals surface area contributed by atoms with Crippen LogP contribution in [-0.4, -0.2) is 29.0 Å². The van der Waals surface area contributed by atoms with Crippen LogP contribution in [0.1, 0.15) is 40.0 Å². The van der Waals surface area contributed by atoms with E-state index in [4.69, 9.17) is 0 Å². The van der Waals surface area contributed by atoms with E-state index in [1.54, 1.807) is 0 Å². The monoisotopic (exact) mass is 359 g/mol. The molecule has 1 rings (SSSR count). The van der Waals surface area contributed by atoms with Gasteiger partial charge in [0.15, 0.2) is 0 Å². The Balaban J connectivity index is 2.22. The Kier molecular flexibility index (Phi) is 8.18. The Morgan fingerprint density at radius 3 is 2.45 bits per heavy atom. The second kappa shape index (κ2) is 9.08. The van der Waals surface area contributed by atoms with E-state index in [9.17, 15) is 5.11 Å². The maximum Gasteiger partial charge on any atom is 0.0610 e. The molecule has 0 aliphatic carbocycles. The molecular formula is C16H26BrNOS. The van der Waals surface area contributed by atoms with Crippen LogP contribution in [0, 0.1) is 0 Å². The molecule has 0 radical (unpaired) electrons. The fraction of sp³-hybridized carbons (Fsp3) is 0.625. The Hall–Kier alpha value is -0.0300. The third-order valence-corrected chi connectivity index (χ3v) is 4.82. The van der Waals surface area contributed by atoms with Gasteiger partial charge in [-0.2, -0.15) is 0 Å². The third kappa shape index (κ3) is 7.11. The molecule has 0 aliphatic heterocycles. The van der Waals surface area contributed by atoms with E-state index >= 15 is 0 Å². The molecule has 1 atom stereocenters. The molecule has 0 fully saturated rings. The lowest BCUT2D eigenvalue weighted by Gasteiger charge is -2.31. The first-order chi connectivity index (χ1) is 9.45. The zero-order chi connectivity index (χ0) is 15.0. The highest BCUT2D eigenvalue weighted by Gasteiger charge is 2.22. The van der Waals surface area contributed by atoms with Crippen LogP contribution in [0.25, 0.3) is 0 Å². The number of nitrogens with one attached hydrogen (secondary N) is 1. The molecule has 0 spiro atoms. The maximum absolute atomic E-state index is 9.52. The molecule has 1 unspecified atom stereocenters. The van der Waals surface area contributed by atoms with Gasteiger partial charge >= 0.3 is 0 Å². The topological polar surface area (TPSA) is 32.3 Å². The molecule has 0 heterocycles. The number of hydrogen-bond acceptors (Lipinski definition) is 3. The minimum Gasteiger partial charge on any atom is -0.394 e. The van der Waals surface area contributed by atoms with Gasteiger partial charge in [-0.3, -0.25) is 0 Å². The number of aliphatic hydroxyl groups excluding tert-OH is 1. The fourth-order valence-electron chi connectivity index (χ4n) is 2.23. The second-order valence-corrected chi connectivity index (χ2v) is 7.86. The SMILES string of the molecule is CC(C)NC(C)(CO)CCCCSc1ccc(Br)cc1. The predicted octanol–water partition coefficient (Wildman–Crippen LogP) is 4.46. The van der Waals surface area contributed by atoms with Crippen molar-refractivity contribution in [1.29, 1.82) is 0 Å². The summed E-state index contributed by atoms with van der Waals surface area (Å²) in [6, 6.07) is 8.86. The van der Waals surface area contributed by atoms with E-state index < -0.39 is 0 Å². The summed E-state index contributed by atoms with van der Waals surface area (Å²) in [4.78, 5) is 1.32. The Labute approximate surface area is 135 Å². The van der Waals surface area contributed by atoms with E-state index in [-0.39, 0.29) is 12.1 Å². The first-order valence-corrected chi connectivity index (χ1v) is 9.00. The molecule has 0 aromatic heterocycles. The van der Waals surface area contributed by atoms with E-state index in [1.807, 2.05) is 11.8 Å². The van der Waals surface area contributed by atoms with Crippen LogP contribution in [-0.2, 0) is 0 Å². The van der Waals surface area contributed by atoms with Crippen molar-refractivity contribution in [1.82, 2.24) is 5.32 Å². The van der Waals surface area contributed by atoms with E-state index in [2.05, 4.69) is 66.3 Å². The summed E-state index contributed by atoms with van der Waals surface area (Å²) in [7, 11) is 0. The summed E-state index contributed by atoms with van der Waals surface area (Å²) in [5, 5.41) is 13.0. The molecule has 2 nitrogen and oxygen atoms in total. The van der Waals surface area contributed by atoms with E-state index in [0.717, 1.165) is 23.1 Å². The van der Waals surface area contributed by atoms with Gasteiger partial charge in [0.25, 0.3) is 0 Å². The number of unbranched alkanes of at least 4 members (excludes halogenated alkanes) is 1. The zero-order valence-corrected chi connectivity index (χ0v) is 15.1. The molecule has 1 aromatic rings. The predicted molar refractivity (Wildman–Crippen MR) is 92.5 cm³/mol. The number of thioether (sulfide) groups is 1. The molecule has 0 aliphatic rings. The van der Waals surface area contributed by atoms with Gasteiger partial charge in [-0.05, 0) is 49.8 Å². The van der Waals surface area contributed by atoms with Crippen LogP contribution in [0.5, 0.6) is 0 Å². The minimum atomic E-state index is -0.142. The van der Waals surface area contributed by atoms with Crippen molar-refractivity contribution in [3.63, 3.8) is 0 Å². The van der Waals surface area contributed by atoms with E-state index in [0.29, 0.717) is 6.04 Å². The largest absolute Gasteiger partial charge is 0.394 e. The molecule has 0 amide bonds. The number of hydrogen-bond donors (Lipinski definition) is 2. The van der Waals surface area contributed by atoms with Gasteiger partial charge in [-0.25, -0.2) is 0 Å². The van der Waals surface area contributed by atoms with Crippen LogP contribution >= 0.6 is 27.7 Å². The number of halogens is 1. The average Bonchev–Trinajstić information content (AvgIpc) is 2.40. The lowest BCUT2D eigenvalue weighted by Crippen LogP contribution is -2.49. The first kappa shape index (κ1) is 18.0. The van der Waals surface area contributed by atoms with Crippen molar-refractivity contribution >= 4 is 27.7 Å². The van der Waals surface area contributed by atoms with Crippen molar-refractivity contribution in [2.24, 2.45) is 0 Å². The van der Waals surface area contributed by atoms with Crippen LogP contribution in [0.3, 0.4) is 0 Å². The molecule has 20 heavy (non-hydrogen) atoms. The third-order valence-electron chi connectivity index (χ3n) is 3.19. The van der Waals surface area contributed by atoms with Crippen molar-refractivity contribution in [2.45, 2.75) is 56.5 Å². The number of aliphatic hydroxyl groups is 1. The Morgan fingerprint density at radius 2 is 1.90 bits per heavy atom. The molecule has 2 N–H and O–H groups in total. The fourth-order valence-corrected chi connectivity index (χ4v) is 3.41. The summed E-state index contributed by atoms with van der Waals surface area (Å²) in [5.74, 6) is 1.13. The highest BCUT2D eigenvalue weighted by Crippen LogP contribution is 2.23. The molecule has 0 saturated carbocycles. The molecule has 4 heteroatoms. The lowest BCUT2D eigenvalue weighted by molar-refractivity contribution is 0.154. The average molecular weight is 360 g/mol. The summed E-state index contributed by atoms with van der Waals surface area (Å²) >= 11 is 5.35. The van der Waals surface area contributed by atoms with Crippen molar-refractivity contribution in [3.05, 3.63) is 28.7 Å². The van der Waals surface area contributed by atoms with Gasteiger partial charge in [-0.15, -0.1) is 11.8 Å². The van der Waals surface area contributed by atoms with Gasteiger partial charge in [0.1, 0.15) is 0 Å². The zero-order valence-electron chi connectivity index (χ0n) is 12.7. The van der Waals surface area contributed by atoms with Crippen molar-refractivity contribution < 1.29 is 5.11 Å². The highest BCUT2D eigenvalue weighted by atomic mass is 79.9. The summed E-state index contributed by atoms with van der Waals surface area (Å²) in [6.45, 7) is 6.55. The quantitative estimate of drug-likeness (QED) is 0.504. The molecule has 114 valence electrons. The smallest absolute Gasteiger partial charge is 0.0610 e. The van der Waals surface area contributed by atoms with Crippen molar-refractivity contribution in [3.8, 4) is 0 Å². The molecular weight excluding hydrogens is 334 g/mol. The molecule has 0 bridgehead atoms. The van der Waals surface area contributed by atoms with Crippen LogP contribution < -0.4 is 5.32 Å². The summed E-state index contributed by atoms with van der Waals surface area (Å²) in [5.41, 5.74) is -0.142. The number of rotatable bonds is 9. The van der Waals surface area contributed by atoms with Gasteiger partial charge in [0.2, 0.25) is 0 Å². The van der Waals surface area contributed by atoms with Gasteiger partial charge in [0, 0.05) is 20.9 Å². The Morgan fingerprint density at radius 1 is 1.25 bits per heavy atom. The second-order valence-electron chi connectivity index (χ2n) is 5.78. The van der Waals surface area contributed by atoms with Gasteiger partial charge in [0.05, 0.1) is 6.61 Å². The van der Waals surface area contributed by atoms with Crippen LogP contribution in [0.4, 0.5) is 0 Å². The van der Waals surface area contributed by atoms with Crippen LogP contribution in [0.15, 0.2) is 33.6 Å². The molecule has 1 aromatic carbocycles. The van der Waals surface area contributed by atoms with E-state index in [1.165, 1.54) is 11.3 Å². The highest BCUT2D eigenvalue weighted by molar-refractivity contribution is 9.10. The van der Waals surface area contributed by atoms with Gasteiger partial charge in [-0.1, -0.05) is 36.2 Å². The number of benzene rings is 1. The van der Waals surface area contributed by atoms with Gasteiger partial charge < -0.3 is 10.4 Å². The summed E-state index contributed by atoms with van der Waals surface area (Å²) < 4.78 is 1.13. The first-order valence-electron chi connectivity index (χ1n) is 7.22. The minimum absolute atomic E-state index is 0.142. The normalized spacial score (nSPS) is 14.5. The Bertz CT molecular complexity index is 383. The lowest BCUT2D eigenvalue weighted by atomic mass is 9.95.